The van der Waals surface area contributed by atoms with E-state index in [1.807, 2.05) is 27.0 Å². The van der Waals surface area contributed by atoms with Crippen LogP contribution in [0.4, 0.5) is 5.82 Å². The van der Waals surface area contributed by atoms with Gasteiger partial charge < -0.3 is 5.32 Å². The minimum Gasteiger partial charge on any atom is -0.310 e. The lowest BCUT2D eigenvalue weighted by Crippen LogP contribution is -2.34. The Morgan fingerprint density at radius 1 is 1.35 bits per heavy atom. The van der Waals surface area contributed by atoms with E-state index in [1.165, 1.54) is 0 Å². The maximum Gasteiger partial charge on any atom is 0.241 e. The van der Waals surface area contributed by atoms with Crippen molar-refractivity contribution < 1.29 is 4.79 Å². The largest absolute Gasteiger partial charge is 0.310 e. The van der Waals surface area contributed by atoms with Gasteiger partial charge in [-0.2, -0.15) is 5.10 Å². The third-order valence-electron chi connectivity index (χ3n) is 3.10. The molecule has 1 rings (SSSR count). The molecule has 0 spiro atoms. The average molecular weight is 297 g/mol. The highest BCUT2D eigenvalue weighted by atomic mass is 32.2. The number of anilines is 1. The molecule has 5 heteroatoms. The molecule has 0 unspecified atom stereocenters. The Bertz CT molecular complexity index is 472. The van der Waals surface area contributed by atoms with E-state index >= 15 is 0 Å². The molecule has 0 atom stereocenters. The van der Waals surface area contributed by atoms with Gasteiger partial charge in [-0.1, -0.05) is 27.7 Å². The van der Waals surface area contributed by atoms with Crippen molar-refractivity contribution in [1.29, 1.82) is 0 Å². The number of carbonyl (C=O) groups excluding carboxylic acids is 1. The summed E-state index contributed by atoms with van der Waals surface area (Å²) in [5, 5.41) is 7.47. The van der Waals surface area contributed by atoms with Crippen LogP contribution in [0.15, 0.2) is 6.07 Å². The van der Waals surface area contributed by atoms with Crippen LogP contribution in [0.3, 0.4) is 0 Å². The highest BCUT2D eigenvalue weighted by Crippen LogP contribution is 2.28. The molecule has 1 amide bonds. The highest BCUT2D eigenvalue weighted by molar-refractivity contribution is 8.01. The predicted molar refractivity (Wildman–Crippen MR) is 87.4 cm³/mol. The normalized spacial score (nSPS) is 12.6. The molecule has 20 heavy (non-hydrogen) atoms. The molecule has 0 saturated heterocycles. The quantitative estimate of drug-likeness (QED) is 0.903. The fourth-order valence-corrected chi connectivity index (χ4v) is 2.54. The first-order valence-electron chi connectivity index (χ1n) is 7.08. The first kappa shape index (κ1) is 17.1. The molecule has 1 N–H and O–H groups in total. The van der Waals surface area contributed by atoms with E-state index in [0.29, 0.717) is 0 Å². The number of nitrogens with zero attached hydrogens (tertiary/aromatic N) is 2. The van der Waals surface area contributed by atoms with Crippen molar-refractivity contribution in [3.63, 3.8) is 0 Å². The maximum atomic E-state index is 12.4. The van der Waals surface area contributed by atoms with Gasteiger partial charge in [-0.3, -0.25) is 9.48 Å². The minimum atomic E-state index is -0.428. The Morgan fingerprint density at radius 2 is 1.95 bits per heavy atom. The van der Waals surface area contributed by atoms with Crippen molar-refractivity contribution in [3.8, 4) is 0 Å². The highest BCUT2D eigenvalue weighted by Gasteiger charge is 2.29. The molecular weight excluding hydrogens is 270 g/mol. The summed E-state index contributed by atoms with van der Waals surface area (Å²) in [6.07, 6.45) is 1.07. The van der Waals surface area contributed by atoms with Crippen molar-refractivity contribution in [1.82, 2.24) is 9.78 Å². The van der Waals surface area contributed by atoms with E-state index in [-0.39, 0.29) is 11.3 Å². The molecule has 114 valence electrons. The molecule has 1 aromatic rings. The van der Waals surface area contributed by atoms with Crippen LogP contribution in [0.5, 0.6) is 0 Å². The second-order valence-corrected chi connectivity index (χ2v) is 8.32. The van der Waals surface area contributed by atoms with Crippen LogP contribution >= 0.6 is 11.8 Å². The van der Waals surface area contributed by atoms with Gasteiger partial charge in [0.2, 0.25) is 5.91 Å². The number of thioether (sulfide) groups is 1. The topological polar surface area (TPSA) is 46.9 Å². The molecule has 1 heterocycles. The monoisotopic (exact) mass is 297 g/mol. The molecule has 0 aliphatic heterocycles. The van der Waals surface area contributed by atoms with Crippen LogP contribution in [0.1, 0.15) is 53.7 Å². The van der Waals surface area contributed by atoms with Gasteiger partial charge in [0.1, 0.15) is 5.82 Å². The van der Waals surface area contributed by atoms with Gasteiger partial charge in [-0.15, -0.1) is 11.8 Å². The number of aryl methyl sites for hydroxylation is 1. The number of amides is 1. The van der Waals surface area contributed by atoms with Crippen molar-refractivity contribution in [2.24, 2.45) is 7.05 Å². The smallest absolute Gasteiger partial charge is 0.241 e. The Morgan fingerprint density at radius 3 is 2.40 bits per heavy atom. The van der Waals surface area contributed by atoms with Gasteiger partial charge >= 0.3 is 0 Å². The summed E-state index contributed by atoms with van der Waals surface area (Å²) < 4.78 is 1.31. The zero-order chi connectivity index (χ0) is 15.6. The lowest BCUT2D eigenvalue weighted by Gasteiger charge is -2.22. The van der Waals surface area contributed by atoms with Crippen LogP contribution in [0.25, 0.3) is 0 Å². The molecule has 0 saturated carbocycles. The number of hydrogen-bond acceptors (Lipinski definition) is 3. The first-order chi connectivity index (χ1) is 9.08. The number of aromatic nitrogens is 2. The zero-order valence-electron chi connectivity index (χ0n) is 13.7. The van der Waals surface area contributed by atoms with Crippen LogP contribution < -0.4 is 5.32 Å². The number of hydrogen-bond donors (Lipinski definition) is 1. The standard InChI is InChI=1S/C15H27N3OS/c1-8-9-20-15(5,6)13(19)16-12-10-11(14(2,3)4)17-18(12)7/h10H,8-9H2,1-7H3,(H,16,19). The Balaban J connectivity index is 2.83. The molecule has 0 aromatic carbocycles. The van der Waals surface area contributed by atoms with Crippen molar-refractivity contribution in [3.05, 3.63) is 11.8 Å². The number of carbonyl (C=O) groups is 1. The molecule has 1 aromatic heterocycles. The summed E-state index contributed by atoms with van der Waals surface area (Å²) in [6.45, 7) is 12.4. The van der Waals surface area contributed by atoms with E-state index in [2.05, 4.69) is 38.1 Å². The van der Waals surface area contributed by atoms with E-state index in [9.17, 15) is 4.79 Å². The van der Waals surface area contributed by atoms with E-state index in [1.54, 1.807) is 16.4 Å². The fraction of sp³-hybridized carbons (Fsp3) is 0.733. The Labute approximate surface area is 126 Å². The van der Waals surface area contributed by atoms with Crippen molar-refractivity contribution in [2.75, 3.05) is 11.1 Å². The van der Waals surface area contributed by atoms with Crippen molar-refractivity contribution >= 4 is 23.5 Å². The molecule has 4 nitrogen and oxygen atoms in total. The summed E-state index contributed by atoms with van der Waals surface area (Å²) in [5.41, 5.74) is 0.960. The van der Waals surface area contributed by atoms with E-state index < -0.39 is 4.75 Å². The molecule has 0 fully saturated rings. The first-order valence-corrected chi connectivity index (χ1v) is 8.06. The summed E-state index contributed by atoms with van der Waals surface area (Å²) in [5.74, 6) is 1.77. The fourth-order valence-electron chi connectivity index (χ4n) is 1.64. The van der Waals surface area contributed by atoms with E-state index in [4.69, 9.17) is 0 Å². The number of rotatable bonds is 5. The average Bonchev–Trinajstić information content (AvgIpc) is 2.68. The van der Waals surface area contributed by atoms with Gasteiger partial charge in [-0.05, 0) is 26.0 Å². The zero-order valence-corrected chi connectivity index (χ0v) is 14.5. The summed E-state index contributed by atoms with van der Waals surface area (Å²) in [7, 11) is 1.86. The number of nitrogens with one attached hydrogen (secondary N) is 1. The molecule has 0 aliphatic rings. The Kier molecular flexibility index (Phi) is 5.30. The SMILES string of the molecule is CCCSC(C)(C)C(=O)Nc1cc(C(C)(C)C)nn1C. The van der Waals surface area contributed by atoms with E-state index in [0.717, 1.165) is 23.7 Å². The summed E-state index contributed by atoms with van der Waals surface area (Å²) in [4.78, 5) is 12.4. The van der Waals surface area contributed by atoms with Gasteiger partial charge in [0.15, 0.2) is 0 Å². The second-order valence-electron chi connectivity index (χ2n) is 6.60. The van der Waals surface area contributed by atoms with Gasteiger partial charge in [0.25, 0.3) is 0 Å². The van der Waals surface area contributed by atoms with Crippen LogP contribution in [-0.2, 0) is 17.3 Å². The van der Waals surface area contributed by atoms with Crippen LogP contribution in [0, 0.1) is 0 Å². The molecular formula is C15H27N3OS. The van der Waals surface area contributed by atoms with Crippen molar-refractivity contribution in [2.45, 2.75) is 58.1 Å². The molecule has 0 bridgehead atoms. The van der Waals surface area contributed by atoms with Gasteiger partial charge in [0.05, 0.1) is 10.4 Å². The van der Waals surface area contributed by atoms with Gasteiger partial charge in [-0.25, -0.2) is 0 Å². The lowest BCUT2D eigenvalue weighted by atomic mass is 9.92. The predicted octanol–water partition coefficient (Wildman–Crippen LogP) is 3.58. The van der Waals surface area contributed by atoms with Crippen LogP contribution in [0.2, 0.25) is 0 Å². The third kappa shape index (κ3) is 4.27. The lowest BCUT2D eigenvalue weighted by molar-refractivity contribution is -0.117. The minimum absolute atomic E-state index is 0.0206. The Hall–Kier alpha value is -0.970. The van der Waals surface area contributed by atoms with Gasteiger partial charge in [0, 0.05) is 18.5 Å². The maximum absolute atomic E-state index is 12.4. The van der Waals surface area contributed by atoms with Crippen LogP contribution in [-0.4, -0.2) is 26.2 Å². The second kappa shape index (κ2) is 6.20. The molecule has 0 aliphatic carbocycles. The third-order valence-corrected chi connectivity index (χ3v) is 4.62. The summed E-state index contributed by atoms with van der Waals surface area (Å²) in [6, 6.07) is 1.96. The molecule has 0 radical (unpaired) electrons. The summed E-state index contributed by atoms with van der Waals surface area (Å²) >= 11 is 1.68.